The molecule has 58 valence electrons. The molecule has 0 aromatic heterocycles. The molecule has 0 fully saturated rings. The fourth-order valence-corrected chi connectivity index (χ4v) is 1.25. The topological polar surface area (TPSA) is 43.4 Å². The van der Waals surface area contributed by atoms with E-state index < -0.39 is 10.1 Å². The van der Waals surface area contributed by atoms with Crippen LogP contribution in [0.4, 0.5) is 0 Å². The van der Waals surface area contributed by atoms with E-state index in [0.29, 0.717) is 6.42 Å². The van der Waals surface area contributed by atoms with Crippen molar-refractivity contribution in [1.29, 1.82) is 0 Å². The van der Waals surface area contributed by atoms with Crippen LogP contribution in [0.15, 0.2) is 0 Å². The third-order valence-electron chi connectivity index (χ3n) is 0.844. The van der Waals surface area contributed by atoms with Crippen LogP contribution in [0, 0.1) is 0 Å². The largest absolute Gasteiger partial charge is 1.00 e. The van der Waals surface area contributed by atoms with E-state index in [2.05, 4.69) is 15.6 Å². The Morgan fingerprint density at radius 2 is 2.10 bits per heavy atom. The van der Waals surface area contributed by atoms with Gasteiger partial charge in [0.1, 0.15) is 0 Å². The maximum absolute atomic E-state index is 10.4. The van der Waals surface area contributed by atoms with Crippen LogP contribution in [0.25, 0.3) is 0 Å². The van der Waals surface area contributed by atoms with Gasteiger partial charge in [0.15, 0.2) is 0 Å². The Bertz CT molecular complexity index is 161. The normalized spacial score (nSPS) is 10.6. The van der Waals surface area contributed by atoms with Crippen LogP contribution in [-0.4, -0.2) is 14.2 Å². The molecule has 0 aliphatic heterocycles. The smallest absolute Gasteiger partial charge is 1.00 e. The van der Waals surface area contributed by atoms with E-state index in [4.69, 9.17) is 0 Å². The van der Waals surface area contributed by atoms with Gasteiger partial charge in [0.25, 0.3) is 10.1 Å². The van der Waals surface area contributed by atoms with Gasteiger partial charge in [-0.1, -0.05) is 13.3 Å². The van der Waals surface area contributed by atoms with Crippen LogP contribution in [0.5, 0.6) is 0 Å². The minimum Gasteiger partial charge on any atom is -1.00 e. The molecule has 10 heavy (non-hydrogen) atoms. The zero-order valence-electron chi connectivity index (χ0n) is 7.13. The summed E-state index contributed by atoms with van der Waals surface area (Å²) in [7, 11) is -3.42. The molecule has 0 radical (unpaired) electrons. The summed E-state index contributed by atoms with van der Waals surface area (Å²) in [4.78, 5) is 0. The van der Waals surface area contributed by atoms with Gasteiger partial charge in [-0.3, -0.25) is 0 Å². The van der Waals surface area contributed by atoms with Crippen LogP contribution in [0.1, 0.15) is 21.2 Å². The van der Waals surface area contributed by atoms with Crippen molar-refractivity contribution >= 4 is 22.0 Å². The third kappa shape index (κ3) is 7.94. The second-order valence-corrected chi connectivity index (χ2v) is 3.71. The summed E-state index contributed by atoms with van der Waals surface area (Å²) in [6.07, 6.45) is 1.41. The van der Waals surface area contributed by atoms with Crippen molar-refractivity contribution in [3.8, 4) is 0 Å². The van der Waals surface area contributed by atoms with E-state index in [1.807, 2.05) is 6.92 Å². The summed E-state index contributed by atoms with van der Waals surface area (Å²) < 4.78 is 24.5. The Morgan fingerprint density at radius 3 is 2.40 bits per heavy atom. The van der Waals surface area contributed by atoms with E-state index in [0.717, 1.165) is 6.42 Å². The van der Waals surface area contributed by atoms with Gasteiger partial charge in [-0.05, 0) is 6.42 Å². The Labute approximate surface area is 111 Å². The molecular weight excluding hydrogens is 203 g/mol. The number of hydrogen-bond acceptors (Lipinski definition) is 3. The zero-order valence-corrected chi connectivity index (χ0v) is 10.8. The molecule has 0 aromatic carbocycles. The molecule has 3 nitrogen and oxygen atoms in total. The molecule has 0 rings (SSSR count). The molecule has 0 N–H and O–H groups in total. The van der Waals surface area contributed by atoms with Crippen molar-refractivity contribution in [2.75, 3.05) is 5.75 Å². The zero-order chi connectivity index (χ0) is 7.33. The fourth-order valence-electron chi connectivity index (χ4n) is 0.353. The SMILES string of the molecule is CCCCS(=O)(=O)OCl.[H-].[K+]. The van der Waals surface area contributed by atoms with Crippen molar-refractivity contribution < 1.29 is 65.0 Å². The first-order valence-electron chi connectivity index (χ1n) is 2.65. The summed E-state index contributed by atoms with van der Waals surface area (Å²) >= 11 is 4.64. The van der Waals surface area contributed by atoms with Gasteiger partial charge in [-0.25, -0.2) is 0 Å². The van der Waals surface area contributed by atoms with Gasteiger partial charge in [-0.15, -0.1) is 0 Å². The molecule has 0 aromatic rings. The molecule has 0 aliphatic carbocycles. The van der Waals surface area contributed by atoms with Gasteiger partial charge in [0, 0.05) is 0 Å². The predicted octanol–water partition coefficient (Wildman–Crippen LogP) is -1.60. The van der Waals surface area contributed by atoms with Crippen molar-refractivity contribution in [2.24, 2.45) is 0 Å². The van der Waals surface area contributed by atoms with Crippen molar-refractivity contribution in [3.05, 3.63) is 0 Å². The summed E-state index contributed by atoms with van der Waals surface area (Å²) in [5.74, 6) is 0.00694. The molecule has 0 unspecified atom stereocenters. The Morgan fingerprint density at radius 1 is 1.60 bits per heavy atom. The fraction of sp³-hybridized carbons (Fsp3) is 1.00. The van der Waals surface area contributed by atoms with Gasteiger partial charge in [0.2, 0.25) is 0 Å². The Hall–Kier alpha value is 1.84. The molecule has 0 amide bonds. The monoisotopic (exact) mass is 212 g/mol. The van der Waals surface area contributed by atoms with E-state index in [1.54, 1.807) is 0 Å². The second-order valence-electron chi connectivity index (χ2n) is 1.68. The maximum Gasteiger partial charge on any atom is 1.00 e. The number of hydrogen-bond donors (Lipinski definition) is 0. The van der Waals surface area contributed by atoms with E-state index in [-0.39, 0.29) is 58.6 Å². The first-order chi connectivity index (χ1) is 4.12. The van der Waals surface area contributed by atoms with Gasteiger partial charge < -0.3 is 1.43 Å². The molecule has 0 aliphatic rings. The minimum atomic E-state index is -3.42. The van der Waals surface area contributed by atoms with Crippen LogP contribution in [-0.2, 0) is 13.9 Å². The van der Waals surface area contributed by atoms with E-state index in [1.165, 1.54) is 0 Å². The predicted molar refractivity (Wildman–Crippen MR) is 36.7 cm³/mol. The van der Waals surface area contributed by atoms with Crippen LogP contribution in [0.3, 0.4) is 0 Å². The summed E-state index contributed by atoms with van der Waals surface area (Å²) in [5, 5.41) is 0. The summed E-state index contributed by atoms with van der Waals surface area (Å²) in [5.41, 5.74) is 0. The standard InChI is InChI=1S/C4H9ClO3S.K.H/c1-2-3-4-9(6,7)8-5;;/h2-4H2,1H3;;/q;+1;-1. The molecule has 0 heterocycles. The Balaban J connectivity index is -0.000000320. The number of halogens is 1. The summed E-state index contributed by atoms with van der Waals surface area (Å²) in [6, 6.07) is 0. The van der Waals surface area contributed by atoms with Crippen molar-refractivity contribution in [3.63, 3.8) is 0 Å². The number of rotatable bonds is 4. The van der Waals surface area contributed by atoms with Crippen molar-refractivity contribution in [2.45, 2.75) is 19.8 Å². The molecule has 0 saturated heterocycles. The van der Waals surface area contributed by atoms with Gasteiger partial charge >= 0.3 is 51.4 Å². The van der Waals surface area contributed by atoms with E-state index in [9.17, 15) is 8.42 Å². The first-order valence-corrected chi connectivity index (χ1v) is 4.54. The average molecular weight is 213 g/mol. The maximum atomic E-state index is 10.4. The minimum absolute atomic E-state index is 0. The molecule has 0 atom stereocenters. The second kappa shape index (κ2) is 7.48. The van der Waals surface area contributed by atoms with Gasteiger partial charge in [0.05, 0.1) is 17.6 Å². The average Bonchev–Trinajstić information content (AvgIpc) is 1.84. The molecule has 0 bridgehead atoms. The first kappa shape index (κ1) is 14.4. The molecule has 0 spiro atoms. The van der Waals surface area contributed by atoms with Gasteiger partial charge in [-0.2, -0.15) is 12.2 Å². The molecule has 6 heteroatoms. The van der Waals surface area contributed by atoms with E-state index >= 15 is 0 Å². The van der Waals surface area contributed by atoms with Crippen molar-refractivity contribution in [1.82, 2.24) is 0 Å². The molecule has 0 saturated carbocycles. The quantitative estimate of drug-likeness (QED) is 0.528. The van der Waals surface area contributed by atoms with Crippen LogP contribution >= 0.6 is 11.9 Å². The Kier molecular flexibility index (Phi) is 10.8. The summed E-state index contributed by atoms with van der Waals surface area (Å²) in [6.45, 7) is 1.89. The van der Waals surface area contributed by atoms with Crippen LogP contribution < -0.4 is 51.4 Å². The third-order valence-corrected chi connectivity index (χ3v) is 2.40. The van der Waals surface area contributed by atoms with Crippen LogP contribution in [0.2, 0.25) is 0 Å². The molecular formula is C4H10ClKO3S. The number of unbranched alkanes of at least 4 members (excludes halogenated alkanes) is 1.